The van der Waals surface area contributed by atoms with Gasteiger partial charge in [-0.15, -0.1) is 11.3 Å². The number of hydrogen-bond donors (Lipinski definition) is 2. The Labute approximate surface area is 109 Å². The summed E-state index contributed by atoms with van der Waals surface area (Å²) in [6.07, 6.45) is 2.00. The lowest BCUT2D eigenvalue weighted by Crippen LogP contribution is -2.35. The lowest BCUT2D eigenvalue weighted by molar-refractivity contribution is -0.117. The average Bonchev–Trinajstić information content (AvgIpc) is 2.95. The predicted octanol–water partition coefficient (Wildman–Crippen LogP) is 2.30. The minimum atomic E-state index is -0.0381. The van der Waals surface area contributed by atoms with Crippen molar-refractivity contribution in [3.05, 3.63) is 23.2 Å². The molecule has 4 nitrogen and oxygen atoms in total. The molecule has 1 atom stereocenters. The highest BCUT2D eigenvalue weighted by Gasteiger charge is 2.21. The highest BCUT2D eigenvalue weighted by atomic mass is 32.1. The molecule has 0 aliphatic carbocycles. The number of nitrogens with zero attached hydrogens (tertiary/aromatic N) is 1. The van der Waals surface area contributed by atoms with E-state index in [2.05, 4.69) is 15.6 Å². The largest absolute Gasteiger partial charge is 0.325 e. The number of aromatic nitrogens is 1. The first-order chi connectivity index (χ1) is 8.72. The summed E-state index contributed by atoms with van der Waals surface area (Å²) in [6, 6.07) is 5.82. The van der Waals surface area contributed by atoms with E-state index in [4.69, 9.17) is 0 Å². The Hall–Kier alpha value is -1.46. The zero-order chi connectivity index (χ0) is 12.5. The highest BCUT2D eigenvalue weighted by Crippen LogP contribution is 2.25. The van der Waals surface area contributed by atoms with Crippen LogP contribution in [-0.4, -0.2) is 23.5 Å². The molecule has 2 N–H and O–H groups in total. The number of carbonyl (C=O) groups is 1. The van der Waals surface area contributed by atoms with Gasteiger partial charge in [-0.2, -0.15) is 0 Å². The minimum Gasteiger partial charge on any atom is -0.325 e. The molecule has 1 saturated heterocycles. The van der Waals surface area contributed by atoms with Crippen LogP contribution in [0.25, 0.3) is 10.2 Å². The van der Waals surface area contributed by atoms with Gasteiger partial charge in [0.1, 0.15) is 0 Å². The summed E-state index contributed by atoms with van der Waals surface area (Å²) in [4.78, 5) is 16.4. The number of amides is 1. The van der Waals surface area contributed by atoms with Crippen LogP contribution in [0.4, 0.5) is 5.69 Å². The molecule has 2 aromatic rings. The molecule has 1 fully saturated rings. The van der Waals surface area contributed by atoms with E-state index in [-0.39, 0.29) is 11.9 Å². The molecule has 94 valence electrons. The Bertz CT molecular complexity index is 587. The number of rotatable bonds is 2. The van der Waals surface area contributed by atoms with Crippen LogP contribution >= 0.6 is 11.3 Å². The number of nitrogens with one attached hydrogen (secondary N) is 2. The van der Waals surface area contributed by atoms with Gasteiger partial charge in [0, 0.05) is 5.69 Å². The summed E-state index contributed by atoms with van der Waals surface area (Å²) in [5, 5.41) is 7.21. The summed E-state index contributed by atoms with van der Waals surface area (Å²) in [5.41, 5.74) is 1.85. The van der Waals surface area contributed by atoms with Crippen molar-refractivity contribution in [2.24, 2.45) is 0 Å². The number of benzene rings is 1. The van der Waals surface area contributed by atoms with Crippen molar-refractivity contribution in [1.82, 2.24) is 10.3 Å². The third kappa shape index (κ3) is 2.23. The molecule has 0 saturated carbocycles. The molecule has 2 heterocycles. The second-order valence-corrected chi connectivity index (χ2v) is 5.79. The number of aryl methyl sites for hydroxylation is 1. The maximum absolute atomic E-state index is 12.0. The third-order valence-electron chi connectivity index (χ3n) is 3.14. The van der Waals surface area contributed by atoms with Crippen LogP contribution in [0.2, 0.25) is 0 Å². The first-order valence-electron chi connectivity index (χ1n) is 6.14. The van der Waals surface area contributed by atoms with Crippen LogP contribution in [0, 0.1) is 6.92 Å². The average molecular weight is 261 g/mol. The highest BCUT2D eigenvalue weighted by molar-refractivity contribution is 7.18. The van der Waals surface area contributed by atoms with Crippen molar-refractivity contribution < 1.29 is 4.79 Å². The normalized spacial score (nSPS) is 19.3. The Morgan fingerprint density at radius 2 is 2.44 bits per heavy atom. The zero-order valence-electron chi connectivity index (χ0n) is 10.2. The number of anilines is 1. The predicted molar refractivity (Wildman–Crippen MR) is 74.0 cm³/mol. The summed E-state index contributed by atoms with van der Waals surface area (Å²) < 4.78 is 1.12. The van der Waals surface area contributed by atoms with Crippen LogP contribution in [0.15, 0.2) is 18.2 Å². The number of thiazole rings is 1. The van der Waals surface area contributed by atoms with E-state index >= 15 is 0 Å². The van der Waals surface area contributed by atoms with Crippen LogP contribution in [-0.2, 0) is 4.79 Å². The van der Waals surface area contributed by atoms with Gasteiger partial charge in [0.25, 0.3) is 0 Å². The maximum atomic E-state index is 12.0. The molecule has 1 aromatic heterocycles. The van der Waals surface area contributed by atoms with Crippen LogP contribution < -0.4 is 10.6 Å². The fraction of sp³-hybridized carbons (Fsp3) is 0.385. The van der Waals surface area contributed by atoms with E-state index in [0.29, 0.717) is 0 Å². The van der Waals surface area contributed by atoms with Gasteiger partial charge in [0.15, 0.2) is 0 Å². The first-order valence-corrected chi connectivity index (χ1v) is 6.95. The Balaban J connectivity index is 1.79. The summed E-state index contributed by atoms with van der Waals surface area (Å²) >= 11 is 1.65. The zero-order valence-corrected chi connectivity index (χ0v) is 11.0. The fourth-order valence-electron chi connectivity index (χ4n) is 2.26. The molecule has 5 heteroatoms. The molecule has 0 unspecified atom stereocenters. The maximum Gasteiger partial charge on any atom is 0.241 e. The minimum absolute atomic E-state index is 0.0381. The number of carbonyl (C=O) groups excluding carboxylic acids is 1. The Morgan fingerprint density at radius 1 is 1.56 bits per heavy atom. The molecule has 3 rings (SSSR count). The van der Waals surface area contributed by atoms with E-state index in [1.165, 1.54) is 0 Å². The van der Waals surface area contributed by atoms with Crippen LogP contribution in [0.3, 0.4) is 0 Å². The number of fused-ring (bicyclic) bond motifs is 1. The Morgan fingerprint density at radius 3 is 3.22 bits per heavy atom. The van der Waals surface area contributed by atoms with Gasteiger partial charge in [-0.05, 0) is 44.5 Å². The van der Waals surface area contributed by atoms with Gasteiger partial charge >= 0.3 is 0 Å². The van der Waals surface area contributed by atoms with Crippen molar-refractivity contribution in [2.45, 2.75) is 25.8 Å². The quantitative estimate of drug-likeness (QED) is 0.872. The van der Waals surface area contributed by atoms with Gasteiger partial charge < -0.3 is 10.6 Å². The molecule has 1 amide bonds. The molecule has 0 radical (unpaired) electrons. The van der Waals surface area contributed by atoms with Crippen molar-refractivity contribution in [2.75, 3.05) is 11.9 Å². The van der Waals surface area contributed by atoms with E-state index in [1.807, 2.05) is 25.1 Å². The molecule has 1 aliphatic heterocycles. The van der Waals surface area contributed by atoms with E-state index < -0.39 is 0 Å². The molecule has 0 bridgehead atoms. The second kappa shape index (κ2) is 4.66. The molecule has 1 aliphatic rings. The van der Waals surface area contributed by atoms with Crippen molar-refractivity contribution in [3.8, 4) is 0 Å². The molecule has 18 heavy (non-hydrogen) atoms. The lowest BCUT2D eigenvalue weighted by atomic mass is 10.2. The van der Waals surface area contributed by atoms with E-state index in [1.54, 1.807) is 11.3 Å². The lowest BCUT2D eigenvalue weighted by Gasteiger charge is -2.10. The monoisotopic (exact) mass is 261 g/mol. The van der Waals surface area contributed by atoms with Gasteiger partial charge in [-0.1, -0.05) is 0 Å². The van der Waals surface area contributed by atoms with Gasteiger partial charge in [-0.3, -0.25) is 4.79 Å². The van der Waals surface area contributed by atoms with Crippen LogP contribution in [0.5, 0.6) is 0 Å². The van der Waals surface area contributed by atoms with Gasteiger partial charge in [0.2, 0.25) is 5.91 Å². The standard InChI is InChI=1S/C13H15N3OS/c1-8-15-10-5-4-9(7-12(10)18-8)16-13(17)11-3-2-6-14-11/h4-5,7,11,14H,2-3,6H2,1H3,(H,16,17)/t11-/m0/s1. The molecule has 1 aromatic carbocycles. The molecular weight excluding hydrogens is 246 g/mol. The SMILES string of the molecule is Cc1nc2ccc(NC(=O)[C@@H]3CCCN3)cc2s1. The molecule has 0 spiro atoms. The van der Waals surface area contributed by atoms with Crippen molar-refractivity contribution >= 4 is 33.1 Å². The van der Waals surface area contributed by atoms with Gasteiger partial charge in [-0.25, -0.2) is 4.98 Å². The smallest absolute Gasteiger partial charge is 0.241 e. The summed E-state index contributed by atoms with van der Waals surface area (Å²) in [5.74, 6) is 0.0630. The second-order valence-electron chi connectivity index (χ2n) is 4.55. The van der Waals surface area contributed by atoms with Crippen molar-refractivity contribution in [1.29, 1.82) is 0 Å². The Kier molecular flexibility index (Phi) is 3.01. The van der Waals surface area contributed by atoms with Crippen LogP contribution in [0.1, 0.15) is 17.8 Å². The van der Waals surface area contributed by atoms with Crippen molar-refractivity contribution in [3.63, 3.8) is 0 Å². The van der Waals surface area contributed by atoms with Gasteiger partial charge in [0.05, 0.1) is 21.3 Å². The number of hydrogen-bond acceptors (Lipinski definition) is 4. The third-order valence-corrected chi connectivity index (χ3v) is 4.07. The summed E-state index contributed by atoms with van der Waals surface area (Å²) in [7, 11) is 0. The van der Waals surface area contributed by atoms with E-state index in [9.17, 15) is 4.79 Å². The van der Waals surface area contributed by atoms with E-state index in [0.717, 1.165) is 40.3 Å². The molecular formula is C13H15N3OS. The fourth-order valence-corrected chi connectivity index (χ4v) is 3.12. The topological polar surface area (TPSA) is 54.0 Å². The summed E-state index contributed by atoms with van der Waals surface area (Å²) in [6.45, 7) is 2.93. The first kappa shape index (κ1) is 11.6.